The lowest BCUT2D eigenvalue weighted by Crippen LogP contribution is -2.03. The van der Waals surface area contributed by atoms with E-state index in [0.29, 0.717) is 22.7 Å². The molecule has 0 aliphatic carbocycles. The van der Waals surface area contributed by atoms with Crippen LogP contribution in [0.3, 0.4) is 0 Å². The van der Waals surface area contributed by atoms with E-state index in [0.717, 1.165) is 11.3 Å². The number of aromatic carboxylic acids is 1. The Labute approximate surface area is 143 Å². The van der Waals surface area contributed by atoms with Crippen molar-refractivity contribution in [2.45, 2.75) is 0 Å². The van der Waals surface area contributed by atoms with Gasteiger partial charge in [0.25, 0.3) is 5.91 Å². The van der Waals surface area contributed by atoms with Crippen LogP contribution in [-0.4, -0.2) is 17.0 Å². The molecule has 1 aliphatic heterocycles. The number of nitrogens with one attached hydrogen (secondary N) is 1. The summed E-state index contributed by atoms with van der Waals surface area (Å²) in [5.74, 6) is -0.283. The molecule has 0 saturated carbocycles. The monoisotopic (exact) mass is 331 g/mol. The molecule has 0 spiro atoms. The number of carboxylic acids is 1. The zero-order valence-corrected chi connectivity index (χ0v) is 13.0. The lowest BCUT2D eigenvalue weighted by molar-refractivity contribution is -0.110. The van der Waals surface area contributed by atoms with Crippen molar-refractivity contribution in [1.82, 2.24) is 0 Å². The second kappa shape index (κ2) is 5.79. The zero-order chi connectivity index (χ0) is 17.4. The third-order valence-corrected chi connectivity index (χ3v) is 4.05. The van der Waals surface area contributed by atoms with Crippen LogP contribution in [-0.2, 0) is 4.79 Å². The first-order valence-electron chi connectivity index (χ1n) is 7.68. The fourth-order valence-corrected chi connectivity index (χ4v) is 2.88. The predicted octanol–water partition coefficient (Wildman–Crippen LogP) is 4.14. The second-order valence-corrected chi connectivity index (χ2v) is 5.61. The average molecular weight is 331 g/mol. The number of benzene rings is 2. The number of rotatable bonds is 3. The van der Waals surface area contributed by atoms with Gasteiger partial charge in [-0.2, -0.15) is 0 Å². The van der Waals surface area contributed by atoms with Crippen LogP contribution in [0.25, 0.3) is 23.0 Å². The number of para-hydroxylation sites is 1. The molecule has 3 aromatic rings. The van der Waals surface area contributed by atoms with E-state index in [1.54, 1.807) is 36.4 Å². The van der Waals surface area contributed by atoms with Gasteiger partial charge in [0, 0.05) is 16.8 Å². The van der Waals surface area contributed by atoms with Crippen molar-refractivity contribution in [3.8, 4) is 11.3 Å². The first-order valence-corrected chi connectivity index (χ1v) is 7.68. The van der Waals surface area contributed by atoms with Crippen molar-refractivity contribution in [1.29, 1.82) is 0 Å². The number of fused-ring (bicyclic) bond motifs is 1. The summed E-state index contributed by atoms with van der Waals surface area (Å²) in [5.41, 5.74) is 2.76. The highest BCUT2D eigenvalue weighted by Crippen LogP contribution is 2.34. The Kier molecular flexibility index (Phi) is 3.47. The molecule has 25 heavy (non-hydrogen) atoms. The number of furan rings is 1. The fraction of sp³-hybridized carbons (Fsp3) is 0. The van der Waals surface area contributed by atoms with Crippen LogP contribution in [0.5, 0.6) is 0 Å². The fourth-order valence-electron chi connectivity index (χ4n) is 2.88. The summed E-state index contributed by atoms with van der Waals surface area (Å²) >= 11 is 0. The summed E-state index contributed by atoms with van der Waals surface area (Å²) in [7, 11) is 0. The summed E-state index contributed by atoms with van der Waals surface area (Å²) in [6, 6.07) is 17.5. The highest BCUT2D eigenvalue weighted by molar-refractivity contribution is 6.34. The van der Waals surface area contributed by atoms with Crippen molar-refractivity contribution in [2.24, 2.45) is 0 Å². The predicted molar refractivity (Wildman–Crippen MR) is 94.0 cm³/mol. The second-order valence-electron chi connectivity index (χ2n) is 5.61. The van der Waals surface area contributed by atoms with Gasteiger partial charge in [0.15, 0.2) is 0 Å². The molecule has 1 aromatic heterocycles. The summed E-state index contributed by atoms with van der Waals surface area (Å²) in [6.07, 6.45) is 1.66. The largest absolute Gasteiger partial charge is 0.478 e. The van der Waals surface area contributed by atoms with Gasteiger partial charge in [-0.15, -0.1) is 0 Å². The molecule has 1 aliphatic rings. The maximum absolute atomic E-state index is 12.2. The molecule has 4 rings (SSSR count). The van der Waals surface area contributed by atoms with E-state index in [1.165, 1.54) is 6.07 Å². The molecule has 0 fully saturated rings. The van der Waals surface area contributed by atoms with E-state index in [1.807, 2.05) is 24.3 Å². The number of hydrogen-bond acceptors (Lipinski definition) is 3. The lowest BCUT2D eigenvalue weighted by atomic mass is 10.1. The first kappa shape index (κ1) is 15.0. The maximum Gasteiger partial charge on any atom is 0.336 e. The van der Waals surface area contributed by atoms with Gasteiger partial charge in [0.2, 0.25) is 0 Å². The quantitative estimate of drug-likeness (QED) is 0.707. The van der Waals surface area contributed by atoms with Crippen molar-refractivity contribution in [3.63, 3.8) is 0 Å². The normalized spacial score (nSPS) is 14.4. The number of carbonyl (C=O) groups is 2. The minimum atomic E-state index is -1.02. The van der Waals surface area contributed by atoms with Gasteiger partial charge in [0.1, 0.15) is 11.5 Å². The molecule has 0 saturated heterocycles. The van der Waals surface area contributed by atoms with Crippen LogP contribution in [0.1, 0.15) is 21.7 Å². The number of amides is 1. The van der Waals surface area contributed by atoms with Crippen LogP contribution in [0.15, 0.2) is 65.1 Å². The third-order valence-electron chi connectivity index (χ3n) is 4.05. The van der Waals surface area contributed by atoms with Crippen LogP contribution in [0.4, 0.5) is 5.69 Å². The summed E-state index contributed by atoms with van der Waals surface area (Å²) in [6.45, 7) is 0. The first-order chi connectivity index (χ1) is 12.1. The molecule has 0 unspecified atom stereocenters. The van der Waals surface area contributed by atoms with E-state index < -0.39 is 5.97 Å². The smallest absolute Gasteiger partial charge is 0.336 e. The Morgan fingerprint density at radius 1 is 0.960 bits per heavy atom. The molecular weight excluding hydrogens is 318 g/mol. The van der Waals surface area contributed by atoms with Gasteiger partial charge in [-0.1, -0.05) is 36.4 Å². The minimum absolute atomic E-state index is 0.167. The van der Waals surface area contributed by atoms with Gasteiger partial charge in [-0.05, 0) is 30.3 Å². The molecule has 0 bridgehead atoms. The lowest BCUT2D eigenvalue weighted by Gasteiger charge is -2.02. The third kappa shape index (κ3) is 2.61. The van der Waals surface area contributed by atoms with Crippen molar-refractivity contribution >= 4 is 29.2 Å². The summed E-state index contributed by atoms with van der Waals surface area (Å²) in [5, 5.41) is 12.1. The highest BCUT2D eigenvalue weighted by Gasteiger charge is 2.24. The van der Waals surface area contributed by atoms with E-state index >= 15 is 0 Å². The number of anilines is 1. The van der Waals surface area contributed by atoms with Crippen molar-refractivity contribution in [2.75, 3.05) is 5.32 Å². The molecular formula is C20H13NO4. The molecule has 0 atom stereocenters. The molecule has 5 heteroatoms. The minimum Gasteiger partial charge on any atom is -0.478 e. The number of hydrogen-bond donors (Lipinski definition) is 2. The van der Waals surface area contributed by atoms with Gasteiger partial charge < -0.3 is 14.8 Å². The van der Waals surface area contributed by atoms with Crippen LogP contribution < -0.4 is 5.32 Å². The topological polar surface area (TPSA) is 79.5 Å². The van der Waals surface area contributed by atoms with Gasteiger partial charge >= 0.3 is 5.97 Å². The molecule has 2 heterocycles. The Morgan fingerprint density at radius 2 is 1.68 bits per heavy atom. The molecule has 2 N–H and O–H groups in total. The van der Waals surface area contributed by atoms with Crippen LogP contribution in [0.2, 0.25) is 0 Å². The Bertz CT molecular complexity index is 1030. The SMILES string of the molecule is O=C1Nc2ccccc2C1=Cc1ccc(-c2ccccc2C(=O)O)o1. The molecule has 2 aromatic carbocycles. The average Bonchev–Trinajstić information content (AvgIpc) is 3.20. The summed E-state index contributed by atoms with van der Waals surface area (Å²) in [4.78, 5) is 23.5. The van der Waals surface area contributed by atoms with E-state index in [9.17, 15) is 14.7 Å². The van der Waals surface area contributed by atoms with Crippen molar-refractivity contribution in [3.05, 3.63) is 77.6 Å². The maximum atomic E-state index is 12.2. The zero-order valence-electron chi connectivity index (χ0n) is 13.0. The van der Waals surface area contributed by atoms with Gasteiger partial charge in [0.05, 0.1) is 11.1 Å². The summed E-state index contributed by atoms with van der Waals surface area (Å²) < 4.78 is 5.77. The van der Waals surface area contributed by atoms with E-state index in [2.05, 4.69) is 5.32 Å². The molecule has 0 radical (unpaired) electrons. The molecule has 1 amide bonds. The van der Waals surface area contributed by atoms with E-state index in [4.69, 9.17) is 4.42 Å². The Morgan fingerprint density at radius 3 is 2.48 bits per heavy atom. The highest BCUT2D eigenvalue weighted by atomic mass is 16.4. The number of carbonyl (C=O) groups excluding carboxylic acids is 1. The van der Waals surface area contributed by atoms with E-state index in [-0.39, 0.29) is 11.5 Å². The van der Waals surface area contributed by atoms with Crippen LogP contribution in [0, 0.1) is 0 Å². The molecule has 5 nitrogen and oxygen atoms in total. The van der Waals surface area contributed by atoms with Crippen LogP contribution >= 0.6 is 0 Å². The Balaban J connectivity index is 1.74. The number of carboxylic acid groups (broad SMARTS) is 1. The standard InChI is InChI=1S/C20H13NO4/c22-19-16(13-5-3-4-8-17(13)21-19)11-12-9-10-18(25-12)14-6-1-2-7-15(14)20(23)24/h1-11H,(H,21,22)(H,23,24). The Hall–Kier alpha value is -3.60. The van der Waals surface area contributed by atoms with Gasteiger partial charge in [-0.25, -0.2) is 4.79 Å². The molecule has 122 valence electrons. The van der Waals surface area contributed by atoms with Gasteiger partial charge in [-0.3, -0.25) is 4.79 Å². The van der Waals surface area contributed by atoms with Crippen molar-refractivity contribution < 1.29 is 19.1 Å².